The normalized spacial score (nSPS) is 19.2. The molecule has 1 N–H and O–H groups in total. The monoisotopic (exact) mass is 257 g/mol. The summed E-state index contributed by atoms with van der Waals surface area (Å²) in [5, 5.41) is 12.0. The fourth-order valence-corrected chi connectivity index (χ4v) is 2.99. The number of piperidine rings is 1. The first-order valence-corrected chi connectivity index (χ1v) is 7.20. The summed E-state index contributed by atoms with van der Waals surface area (Å²) >= 11 is 0. The first-order valence-electron chi connectivity index (χ1n) is 7.20. The van der Waals surface area contributed by atoms with E-state index >= 15 is 0 Å². The van der Waals surface area contributed by atoms with Crippen molar-refractivity contribution in [2.45, 2.75) is 39.2 Å². The number of nitrogens with zero attached hydrogens (tertiary/aromatic N) is 2. The smallest absolute Gasteiger partial charge is 0.0843 e. The Hall–Kier alpha value is -1.53. The van der Waals surface area contributed by atoms with Gasteiger partial charge in [0.15, 0.2) is 0 Å². The van der Waals surface area contributed by atoms with Crippen molar-refractivity contribution in [3.8, 4) is 6.07 Å². The SMILES string of the molecule is CCc1cccc(C)c1N1CCCC(NCC#N)C1. The van der Waals surface area contributed by atoms with Gasteiger partial charge < -0.3 is 4.90 Å². The maximum Gasteiger partial charge on any atom is 0.0843 e. The quantitative estimate of drug-likeness (QED) is 0.843. The van der Waals surface area contributed by atoms with E-state index < -0.39 is 0 Å². The van der Waals surface area contributed by atoms with Gasteiger partial charge in [0.1, 0.15) is 0 Å². The van der Waals surface area contributed by atoms with E-state index in [1.54, 1.807) is 0 Å². The summed E-state index contributed by atoms with van der Waals surface area (Å²) in [6.45, 7) is 7.00. The predicted octanol–water partition coefficient (Wildman–Crippen LogP) is 2.64. The van der Waals surface area contributed by atoms with Crippen molar-refractivity contribution in [2.75, 3.05) is 24.5 Å². The highest BCUT2D eigenvalue weighted by molar-refractivity contribution is 5.59. The Kier molecular flexibility index (Phi) is 4.81. The molecule has 1 heterocycles. The summed E-state index contributed by atoms with van der Waals surface area (Å²) < 4.78 is 0. The van der Waals surface area contributed by atoms with Crippen LogP contribution in [0.3, 0.4) is 0 Å². The molecule has 1 fully saturated rings. The number of hydrogen-bond donors (Lipinski definition) is 1. The molecule has 0 spiro atoms. The largest absolute Gasteiger partial charge is 0.370 e. The molecular weight excluding hydrogens is 234 g/mol. The lowest BCUT2D eigenvalue weighted by molar-refractivity contribution is 0.438. The van der Waals surface area contributed by atoms with E-state index in [1.807, 2.05) is 0 Å². The number of aryl methyl sites for hydroxylation is 2. The Morgan fingerprint density at radius 2 is 2.32 bits per heavy atom. The van der Waals surface area contributed by atoms with E-state index in [4.69, 9.17) is 5.26 Å². The van der Waals surface area contributed by atoms with Crippen LogP contribution in [0.25, 0.3) is 0 Å². The molecule has 3 nitrogen and oxygen atoms in total. The first-order chi connectivity index (χ1) is 9.26. The van der Waals surface area contributed by atoms with Gasteiger partial charge in [0.25, 0.3) is 0 Å². The standard InChI is InChI=1S/C16H23N3/c1-3-14-7-4-6-13(2)16(14)19-11-5-8-15(12-19)18-10-9-17/h4,6-7,15,18H,3,5,8,10-12H2,1-2H3. The molecule has 0 radical (unpaired) electrons. The Labute approximate surface area is 116 Å². The van der Waals surface area contributed by atoms with Crippen molar-refractivity contribution < 1.29 is 0 Å². The van der Waals surface area contributed by atoms with Gasteiger partial charge in [-0.15, -0.1) is 0 Å². The third-order valence-corrected chi connectivity index (χ3v) is 3.91. The fraction of sp³-hybridized carbons (Fsp3) is 0.562. The second-order valence-corrected chi connectivity index (χ2v) is 5.26. The molecule has 102 valence electrons. The van der Waals surface area contributed by atoms with E-state index in [0.717, 1.165) is 19.5 Å². The molecule has 0 aromatic heterocycles. The molecule has 1 aliphatic heterocycles. The molecule has 0 saturated carbocycles. The Bertz CT molecular complexity index is 462. The van der Waals surface area contributed by atoms with Gasteiger partial charge in [-0.1, -0.05) is 25.1 Å². The average molecular weight is 257 g/mol. The zero-order valence-electron chi connectivity index (χ0n) is 11.9. The van der Waals surface area contributed by atoms with Crippen LogP contribution in [0.5, 0.6) is 0 Å². The Morgan fingerprint density at radius 1 is 1.47 bits per heavy atom. The topological polar surface area (TPSA) is 39.1 Å². The zero-order valence-corrected chi connectivity index (χ0v) is 11.9. The summed E-state index contributed by atoms with van der Waals surface area (Å²) in [7, 11) is 0. The van der Waals surface area contributed by atoms with Gasteiger partial charge in [0, 0.05) is 24.8 Å². The van der Waals surface area contributed by atoms with E-state index in [1.165, 1.54) is 29.7 Å². The van der Waals surface area contributed by atoms with Crippen LogP contribution in [-0.2, 0) is 6.42 Å². The van der Waals surface area contributed by atoms with Gasteiger partial charge in [-0.25, -0.2) is 0 Å². The molecule has 19 heavy (non-hydrogen) atoms. The number of rotatable bonds is 4. The van der Waals surface area contributed by atoms with Gasteiger partial charge >= 0.3 is 0 Å². The van der Waals surface area contributed by atoms with E-state index in [-0.39, 0.29) is 0 Å². The van der Waals surface area contributed by atoms with E-state index in [2.05, 4.69) is 48.3 Å². The number of anilines is 1. The van der Waals surface area contributed by atoms with Gasteiger partial charge in [-0.2, -0.15) is 5.26 Å². The van der Waals surface area contributed by atoms with Crippen LogP contribution in [-0.4, -0.2) is 25.7 Å². The Balaban J connectivity index is 2.15. The molecule has 0 aliphatic carbocycles. The molecule has 1 unspecified atom stereocenters. The van der Waals surface area contributed by atoms with Crippen molar-refractivity contribution in [1.29, 1.82) is 5.26 Å². The number of nitrogens with one attached hydrogen (secondary N) is 1. The zero-order chi connectivity index (χ0) is 13.7. The lowest BCUT2D eigenvalue weighted by Gasteiger charge is -2.36. The number of benzene rings is 1. The number of nitriles is 1. The minimum absolute atomic E-state index is 0.442. The van der Waals surface area contributed by atoms with Crippen molar-refractivity contribution in [3.63, 3.8) is 0 Å². The molecule has 1 saturated heterocycles. The highest BCUT2D eigenvalue weighted by Crippen LogP contribution is 2.28. The van der Waals surface area contributed by atoms with E-state index in [9.17, 15) is 0 Å². The summed E-state index contributed by atoms with van der Waals surface area (Å²) in [5.74, 6) is 0. The highest BCUT2D eigenvalue weighted by atomic mass is 15.2. The third kappa shape index (κ3) is 3.27. The predicted molar refractivity (Wildman–Crippen MR) is 79.4 cm³/mol. The van der Waals surface area contributed by atoms with Gasteiger partial charge in [-0.05, 0) is 37.3 Å². The van der Waals surface area contributed by atoms with Crippen LogP contribution in [0.15, 0.2) is 18.2 Å². The number of hydrogen-bond acceptors (Lipinski definition) is 3. The van der Waals surface area contributed by atoms with Gasteiger partial charge in [0.05, 0.1) is 12.6 Å². The highest BCUT2D eigenvalue weighted by Gasteiger charge is 2.22. The van der Waals surface area contributed by atoms with Crippen molar-refractivity contribution >= 4 is 5.69 Å². The third-order valence-electron chi connectivity index (χ3n) is 3.91. The number of para-hydroxylation sites is 1. The van der Waals surface area contributed by atoms with Crippen LogP contribution in [0.2, 0.25) is 0 Å². The van der Waals surface area contributed by atoms with Crippen LogP contribution in [0.1, 0.15) is 30.9 Å². The van der Waals surface area contributed by atoms with Crippen molar-refractivity contribution in [3.05, 3.63) is 29.3 Å². The van der Waals surface area contributed by atoms with Crippen LogP contribution in [0.4, 0.5) is 5.69 Å². The molecule has 1 aromatic rings. The second-order valence-electron chi connectivity index (χ2n) is 5.26. The van der Waals surface area contributed by atoms with Crippen LogP contribution in [0, 0.1) is 18.3 Å². The molecule has 1 aromatic carbocycles. The molecule has 3 heteroatoms. The van der Waals surface area contributed by atoms with Crippen molar-refractivity contribution in [2.24, 2.45) is 0 Å². The maximum absolute atomic E-state index is 8.68. The summed E-state index contributed by atoms with van der Waals surface area (Å²) in [5.41, 5.74) is 4.20. The summed E-state index contributed by atoms with van der Waals surface area (Å²) in [6, 6.07) is 9.19. The van der Waals surface area contributed by atoms with Gasteiger partial charge in [-0.3, -0.25) is 5.32 Å². The molecule has 1 atom stereocenters. The lowest BCUT2D eigenvalue weighted by atomic mass is 10.00. The molecule has 1 aliphatic rings. The van der Waals surface area contributed by atoms with Crippen LogP contribution < -0.4 is 10.2 Å². The summed E-state index contributed by atoms with van der Waals surface area (Å²) in [6.07, 6.45) is 3.44. The van der Waals surface area contributed by atoms with Gasteiger partial charge in [0.2, 0.25) is 0 Å². The lowest BCUT2D eigenvalue weighted by Crippen LogP contribution is -2.46. The minimum Gasteiger partial charge on any atom is -0.370 e. The average Bonchev–Trinajstić information content (AvgIpc) is 2.45. The van der Waals surface area contributed by atoms with E-state index in [0.29, 0.717) is 12.6 Å². The molecule has 2 rings (SSSR count). The fourth-order valence-electron chi connectivity index (χ4n) is 2.99. The molecular formula is C16H23N3. The molecule has 0 amide bonds. The minimum atomic E-state index is 0.442. The first kappa shape index (κ1) is 13.9. The Morgan fingerprint density at radius 3 is 3.05 bits per heavy atom. The second kappa shape index (κ2) is 6.58. The summed E-state index contributed by atoms with van der Waals surface area (Å²) in [4.78, 5) is 2.49. The van der Waals surface area contributed by atoms with Crippen LogP contribution >= 0.6 is 0 Å². The maximum atomic E-state index is 8.68. The molecule has 0 bridgehead atoms. The van der Waals surface area contributed by atoms with Crippen molar-refractivity contribution in [1.82, 2.24) is 5.32 Å².